The number of anilines is 2. The summed E-state index contributed by atoms with van der Waals surface area (Å²) >= 11 is 0. The number of aromatic nitrogens is 1. The first-order chi connectivity index (χ1) is 30.1. The summed E-state index contributed by atoms with van der Waals surface area (Å²) in [5.41, 5.74) is 15.5. The van der Waals surface area contributed by atoms with Crippen molar-refractivity contribution in [2.45, 2.75) is 20.3 Å². The van der Waals surface area contributed by atoms with Crippen molar-refractivity contribution in [2.24, 2.45) is 0 Å². The van der Waals surface area contributed by atoms with Crippen molar-refractivity contribution in [3.63, 3.8) is 0 Å². The molecule has 0 fully saturated rings. The maximum atomic E-state index is 6.95. The van der Waals surface area contributed by atoms with Gasteiger partial charge in [0.1, 0.15) is 22.5 Å². The Morgan fingerprint density at radius 1 is 0.590 bits per heavy atom. The van der Waals surface area contributed by atoms with Crippen LogP contribution in [0.5, 0.6) is 0 Å². The van der Waals surface area contributed by atoms with E-state index in [0.29, 0.717) is 0 Å². The summed E-state index contributed by atoms with van der Waals surface area (Å²) in [5, 5.41) is 5.66. The van der Waals surface area contributed by atoms with Crippen LogP contribution in [0.15, 0.2) is 205 Å². The third-order valence-corrected chi connectivity index (χ3v) is 11.8. The molecule has 0 radical (unpaired) electrons. The van der Waals surface area contributed by atoms with Gasteiger partial charge >= 0.3 is 0 Å². The molecule has 10 aromatic rings. The van der Waals surface area contributed by atoms with Crippen LogP contribution in [0.3, 0.4) is 0 Å². The fraction of sp³-hybridized carbons (Fsp3) is 0.0526. The van der Waals surface area contributed by atoms with E-state index in [0.717, 1.165) is 95.6 Å². The van der Waals surface area contributed by atoms with E-state index in [1.54, 1.807) is 0 Å². The molecular formula is C57H44N2O2. The van der Waals surface area contributed by atoms with Crippen molar-refractivity contribution < 1.29 is 8.83 Å². The summed E-state index contributed by atoms with van der Waals surface area (Å²) in [5.74, 6) is 0.901. The summed E-state index contributed by atoms with van der Waals surface area (Å²) in [4.78, 5) is 2.24. The summed E-state index contributed by atoms with van der Waals surface area (Å²) in [6.45, 7) is 14.9. The van der Waals surface area contributed by atoms with Gasteiger partial charge in [-0.25, -0.2) is 0 Å². The number of allylic oxidation sites excluding steroid dienone is 5. The summed E-state index contributed by atoms with van der Waals surface area (Å²) in [7, 11) is 0. The Hall–Kier alpha value is -7.82. The van der Waals surface area contributed by atoms with Crippen LogP contribution in [0, 0.1) is 0 Å². The molecule has 0 saturated carbocycles. The molecule has 0 N–H and O–H groups in total. The third-order valence-electron chi connectivity index (χ3n) is 11.8. The normalized spacial score (nSPS) is 14.3. The minimum atomic E-state index is 0.793. The highest BCUT2D eigenvalue weighted by molar-refractivity contribution is 6.15. The van der Waals surface area contributed by atoms with E-state index in [9.17, 15) is 0 Å². The van der Waals surface area contributed by atoms with Gasteiger partial charge in [0.25, 0.3) is 0 Å². The number of fused-ring (bicyclic) bond motifs is 8. The van der Waals surface area contributed by atoms with Gasteiger partial charge in [0.05, 0.1) is 16.7 Å². The fourth-order valence-electron chi connectivity index (χ4n) is 9.06. The second kappa shape index (κ2) is 15.4. The van der Waals surface area contributed by atoms with Crippen molar-refractivity contribution >= 4 is 83.3 Å². The number of hydrogen-bond donors (Lipinski definition) is 0. The number of furan rings is 2. The highest BCUT2D eigenvalue weighted by Gasteiger charge is 2.22. The number of rotatable bonds is 6. The summed E-state index contributed by atoms with van der Waals surface area (Å²) < 4.78 is 15.7. The standard InChI is InChI=1S/C55H40N2O2.C2H4/c1-4-16-52-41(5-2)46-33-47-48-32-38(36-25-26-51-45(30-36)43-22-13-15-24-50(43)57(51)40-19-10-7-11-20-40)31-44(55(48)59-54(47)34-53(46)58-52)37-27-28-56(39-17-8-6-9-18-39)49-23-14-12-21-42(49)35(3)29-37;1-2/h4,6-34H,3,5H2,1-2H3;1-2H2/b16-4-,28-27-,37-29+;. The van der Waals surface area contributed by atoms with Crippen molar-refractivity contribution in [3.05, 3.63) is 218 Å². The Bertz CT molecular complexity index is 3410. The molecule has 3 aromatic heterocycles. The van der Waals surface area contributed by atoms with Gasteiger partial charge in [-0.1, -0.05) is 98.4 Å². The molecule has 4 nitrogen and oxygen atoms in total. The Morgan fingerprint density at radius 2 is 1.28 bits per heavy atom. The molecule has 294 valence electrons. The van der Waals surface area contributed by atoms with Crippen LogP contribution < -0.4 is 4.90 Å². The SMILES string of the molecule is C=C.C=C1/C=C(c2cc(-c3ccc4c(c3)c3ccccc3n4-c3ccccc3)cc3c2oc2cc4oc(/C=C\C)c(CC)c4cc23)\C=C/N(c2ccccc2)c2ccccc21. The monoisotopic (exact) mass is 788 g/mol. The average molecular weight is 789 g/mol. The lowest BCUT2D eigenvalue weighted by Crippen LogP contribution is -2.11. The summed E-state index contributed by atoms with van der Waals surface area (Å²) in [6.07, 6.45) is 11.5. The van der Waals surface area contributed by atoms with Gasteiger partial charge in [0.15, 0.2) is 0 Å². The zero-order valence-corrected chi connectivity index (χ0v) is 34.4. The first-order valence-corrected chi connectivity index (χ1v) is 20.8. The van der Waals surface area contributed by atoms with Gasteiger partial charge in [0.2, 0.25) is 0 Å². The van der Waals surface area contributed by atoms with Crippen molar-refractivity contribution in [3.8, 4) is 16.8 Å². The molecule has 1 aliphatic rings. The minimum absolute atomic E-state index is 0.793. The van der Waals surface area contributed by atoms with E-state index >= 15 is 0 Å². The molecule has 7 aromatic carbocycles. The van der Waals surface area contributed by atoms with Crippen LogP contribution >= 0.6 is 0 Å². The van der Waals surface area contributed by atoms with Gasteiger partial charge < -0.3 is 18.3 Å². The van der Waals surface area contributed by atoms with Crippen molar-refractivity contribution in [1.82, 2.24) is 4.57 Å². The maximum absolute atomic E-state index is 6.95. The molecule has 0 atom stereocenters. The second-order valence-electron chi connectivity index (χ2n) is 15.2. The van der Waals surface area contributed by atoms with Crippen LogP contribution in [-0.2, 0) is 6.42 Å². The van der Waals surface area contributed by atoms with Crippen molar-refractivity contribution in [1.29, 1.82) is 0 Å². The second-order valence-corrected chi connectivity index (χ2v) is 15.2. The Balaban J connectivity index is 0.00000220. The topological polar surface area (TPSA) is 34.5 Å². The molecule has 4 heteroatoms. The largest absolute Gasteiger partial charge is 0.456 e. The van der Waals surface area contributed by atoms with Crippen molar-refractivity contribution in [2.75, 3.05) is 4.90 Å². The average Bonchev–Trinajstić information content (AvgIpc) is 3.96. The zero-order chi connectivity index (χ0) is 41.6. The van der Waals surface area contributed by atoms with Gasteiger partial charge in [-0.2, -0.15) is 0 Å². The molecule has 61 heavy (non-hydrogen) atoms. The third kappa shape index (κ3) is 6.23. The smallest absolute Gasteiger partial charge is 0.143 e. The molecule has 0 bridgehead atoms. The zero-order valence-electron chi connectivity index (χ0n) is 34.4. The number of hydrogen-bond acceptors (Lipinski definition) is 3. The number of benzene rings is 7. The van der Waals surface area contributed by atoms with E-state index in [1.807, 2.05) is 13.0 Å². The molecule has 0 amide bonds. The Morgan fingerprint density at radius 3 is 2.07 bits per heavy atom. The van der Waals surface area contributed by atoms with Crippen LogP contribution in [0.1, 0.15) is 36.3 Å². The lowest BCUT2D eigenvalue weighted by Gasteiger charge is -2.26. The van der Waals surface area contributed by atoms with Crippen LogP contribution in [-0.4, -0.2) is 4.57 Å². The first kappa shape index (κ1) is 37.5. The molecule has 0 unspecified atom stereocenters. The molecule has 0 spiro atoms. The van der Waals surface area contributed by atoms with Gasteiger partial charge in [0, 0.05) is 67.3 Å². The van der Waals surface area contributed by atoms with E-state index in [-0.39, 0.29) is 0 Å². The Labute approximate surface area is 355 Å². The number of nitrogens with zero attached hydrogens (tertiary/aromatic N) is 2. The van der Waals surface area contributed by atoms with E-state index in [2.05, 4.69) is 212 Å². The lowest BCUT2D eigenvalue weighted by atomic mass is 9.92. The van der Waals surface area contributed by atoms with E-state index in [4.69, 9.17) is 8.83 Å². The van der Waals surface area contributed by atoms with E-state index < -0.39 is 0 Å². The highest BCUT2D eigenvalue weighted by atomic mass is 16.3. The molecule has 1 aliphatic heterocycles. The molecule has 0 saturated heterocycles. The number of para-hydroxylation sites is 4. The van der Waals surface area contributed by atoms with Gasteiger partial charge in [-0.15, -0.1) is 13.2 Å². The quantitative estimate of drug-likeness (QED) is 0.157. The molecule has 0 aliphatic carbocycles. The first-order valence-electron chi connectivity index (χ1n) is 20.8. The van der Waals surface area contributed by atoms with Gasteiger partial charge in [-0.05, 0) is 121 Å². The highest BCUT2D eigenvalue weighted by Crippen LogP contribution is 2.44. The van der Waals surface area contributed by atoms with Crippen LogP contribution in [0.25, 0.3) is 88.8 Å². The van der Waals surface area contributed by atoms with Crippen LogP contribution in [0.4, 0.5) is 11.4 Å². The number of aryl methyl sites for hydroxylation is 1. The van der Waals surface area contributed by atoms with Gasteiger partial charge in [-0.3, -0.25) is 0 Å². The predicted octanol–water partition coefficient (Wildman–Crippen LogP) is 16.3. The molecule has 4 heterocycles. The molecule has 11 rings (SSSR count). The Kier molecular flexibility index (Phi) is 9.46. The fourth-order valence-corrected chi connectivity index (χ4v) is 9.06. The minimum Gasteiger partial charge on any atom is -0.456 e. The van der Waals surface area contributed by atoms with Crippen LogP contribution in [0.2, 0.25) is 0 Å². The summed E-state index contributed by atoms with van der Waals surface area (Å²) in [6, 6.07) is 54.1. The van der Waals surface area contributed by atoms with E-state index in [1.165, 1.54) is 27.4 Å². The lowest BCUT2D eigenvalue weighted by molar-refractivity contribution is 0.597. The maximum Gasteiger partial charge on any atom is 0.143 e. The molecular weight excluding hydrogens is 745 g/mol. The predicted molar refractivity (Wildman–Crippen MR) is 260 cm³/mol.